The average molecular weight is 362 g/mol. The molecule has 0 atom stereocenters. The number of nitrogens with two attached hydrogens (primary N) is 1. The molecule has 7 heteroatoms. The summed E-state index contributed by atoms with van der Waals surface area (Å²) in [5.74, 6) is 0.132. The Morgan fingerprint density at radius 1 is 1.24 bits per heavy atom. The van der Waals surface area contributed by atoms with Gasteiger partial charge in [0.1, 0.15) is 5.00 Å². The summed E-state index contributed by atoms with van der Waals surface area (Å²) in [5.41, 5.74) is 7.74. The summed E-state index contributed by atoms with van der Waals surface area (Å²) in [5, 5.41) is 3.18. The molecule has 3 N–H and O–H groups in total. The highest BCUT2D eigenvalue weighted by Gasteiger charge is 2.20. The number of anilines is 1. The molecular weight excluding hydrogens is 340 g/mol. The van der Waals surface area contributed by atoms with Gasteiger partial charge in [-0.1, -0.05) is 13.0 Å². The van der Waals surface area contributed by atoms with Crippen LogP contribution in [0.25, 0.3) is 0 Å². The third kappa shape index (κ3) is 4.30. The number of hydrogen-bond donors (Lipinski definition) is 2. The lowest BCUT2D eigenvalue weighted by Crippen LogP contribution is -2.22. The summed E-state index contributed by atoms with van der Waals surface area (Å²) >= 11 is 1.34. The highest BCUT2D eigenvalue weighted by atomic mass is 32.1. The van der Waals surface area contributed by atoms with E-state index in [0.717, 1.165) is 16.0 Å². The summed E-state index contributed by atoms with van der Waals surface area (Å²) in [7, 11) is 1.54. The van der Waals surface area contributed by atoms with Crippen molar-refractivity contribution in [3.8, 4) is 11.5 Å². The number of benzene rings is 1. The van der Waals surface area contributed by atoms with Gasteiger partial charge in [-0.25, -0.2) is 0 Å². The Morgan fingerprint density at radius 2 is 1.96 bits per heavy atom. The summed E-state index contributed by atoms with van der Waals surface area (Å²) in [6.45, 7) is 5.59. The topological polar surface area (TPSA) is 90.7 Å². The zero-order chi connectivity index (χ0) is 18.6. The monoisotopic (exact) mass is 362 g/mol. The fraction of sp³-hybridized carbons (Fsp3) is 0.333. The van der Waals surface area contributed by atoms with E-state index in [1.807, 2.05) is 32.9 Å². The Morgan fingerprint density at radius 3 is 2.56 bits per heavy atom. The maximum atomic E-state index is 12.2. The molecule has 6 nitrogen and oxygen atoms in total. The molecule has 0 radical (unpaired) electrons. The Labute approximate surface area is 150 Å². The van der Waals surface area contributed by atoms with Crippen LogP contribution in [0.1, 0.15) is 33.3 Å². The van der Waals surface area contributed by atoms with Gasteiger partial charge in [-0.05, 0) is 43.5 Å². The van der Waals surface area contributed by atoms with Crippen LogP contribution >= 0.6 is 11.3 Å². The molecule has 0 saturated heterocycles. The maximum absolute atomic E-state index is 12.2. The Kier molecular flexibility index (Phi) is 6.03. The van der Waals surface area contributed by atoms with Crippen molar-refractivity contribution in [3.63, 3.8) is 0 Å². The van der Waals surface area contributed by atoms with E-state index >= 15 is 0 Å². The molecule has 0 spiro atoms. The van der Waals surface area contributed by atoms with Crippen LogP contribution in [0.15, 0.2) is 18.2 Å². The second-order valence-corrected chi connectivity index (χ2v) is 6.77. The minimum atomic E-state index is -0.544. The summed E-state index contributed by atoms with van der Waals surface area (Å²) in [4.78, 5) is 24.9. The van der Waals surface area contributed by atoms with Gasteiger partial charge in [0.25, 0.3) is 11.8 Å². The number of thiophene rings is 1. The van der Waals surface area contributed by atoms with Gasteiger partial charge < -0.3 is 20.5 Å². The van der Waals surface area contributed by atoms with Crippen molar-refractivity contribution in [2.75, 3.05) is 19.0 Å². The van der Waals surface area contributed by atoms with Crippen molar-refractivity contribution in [3.05, 3.63) is 39.8 Å². The quantitative estimate of drug-likeness (QED) is 0.792. The third-order valence-corrected chi connectivity index (χ3v) is 4.80. The van der Waals surface area contributed by atoms with Gasteiger partial charge in [-0.2, -0.15) is 0 Å². The van der Waals surface area contributed by atoms with Crippen LogP contribution in [-0.4, -0.2) is 25.5 Å². The molecule has 0 fully saturated rings. The summed E-state index contributed by atoms with van der Waals surface area (Å²) in [6, 6.07) is 5.45. The van der Waals surface area contributed by atoms with Crippen LogP contribution < -0.4 is 20.5 Å². The normalized spacial score (nSPS) is 10.4. The number of amides is 2. The zero-order valence-electron chi connectivity index (χ0n) is 14.8. The molecule has 0 aliphatic heterocycles. The largest absolute Gasteiger partial charge is 0.493 e. The first kappa shape index (κ1) is 18.8. The van der Waals surface area contributed by atoms with Gasteiger partial charge in [-0.15, -0.1) is 11.3 Å². The summed E-state index contributed by atoms with van der Waals surface area (Å²) < 4.78 is 10.8. The minimum absolute atomic E-state index is 0.198. The molecule has 0 unspecified atom stereocenters. The van der Waals surface area contributed by atoms with Crippen molar-refractivity contribution < 1.29 is 19.1 Å². The van der Waals surface area contributed by atoms with E-state index in [9.17, 15) is 9.59 Å². The van der Waals surface area contributed by atoms with E-state index in [-0.39, 0.29) is 12.5 Å². The zero-order valence-corrected chi connectivity index (χ0v) is 15.6. The van der Waals surface area contributed by atoms with Crippen molar-refractivity contribution in [1.82, 2.24) is 0 Å². The first-order chi connectivity index (χ1) is 11.9. The fourth-order valence-electron chi connectivity index (χ4n) is 2.55. The number of methoxy groups -OCH3 is 1. The van der Waals surface area contributed by atoms with Gasteiger partial charge in [-0.3, -0.25) is 9.59 Å². The van der Waals surface area contributed by atoms with Crippen LogP contribution in [0, 0.1) is 13.8 Å². The number of ether oxygens (including phenoxy) is 2. The molecule has 134 valence electrons. The van der Waals surface area contributed by atoms with Crippen molar-refractivity contribution in [1.29, 1.82) is 0 Å². The van der Waals surface area contributed by atoms with Gasteiger partial charge in [0.2, 0.25) is 0 Å². The predicted molar refractivity (Wildman–Crippen MR) is 98.8 cm³/mol. The van der Waals surface area contributed by atoms with E-state index < -0.39 is 5.91 Å². The lowest BCUT2D eigenvalue weighted by molar-refractivity contribution is -0.118. The second-order valence-electron chi connectivity index (χ2n) is 5.55. The summed E-state index contributed by atoms with van der Waals surface area (Å²) in [6.07, 6.45) is 0.674. The predicted octanol–water partition coefficient (Wildman–Crippen LogP) is 3.05. The molecule has 1 aromatic carbocycles. The molecule has 0 aliphatic carbocycles. The first-order valence-electron chi connectivity index (χ1n) is 7.86. The van der Waals surface area contributed by atoms with Crippen molar-refractivity contribution >= 4 is 28.2 Å². The van der Waals surface area contributed by atoms with E-state index in [1.54, 1.807) is 13.2 Å². The van der Waals surface area contributed by atoms with E-state index in [1.165, 1.54) is 11.3 Å². The van der Waals surface area contributed by atoms with Crippen LogP contribution in [0.4, 0.5) is 5.00 Å². The van der Waals surface area contributed by atoms with Gasteiger partial charge >= 0.3 is 0 Å². The van der Waals surface area contributed by atoms with Crippen LogP contribution in [0.5, 0.6) is 11.5 Å². The molecular formula is C18H22N2O4S. The van der Waals surface area contributed by atoms with Gasteiger partial charge in [0.15, 0.2) is 18.1 Å². The molecule has 2 rings (SSSR count). The molecule has 0 saturated carbocycles. The number of rotatable bonds is 7. The fourth-order valence-corrected chi connectivity index (χ4v) is 3.72. The van der Waals surface area contributed by atoms with Gasteiger partial charge in [0, 0.05) is 4.88 Å². The maximum Gasteiger partial charge on any atom is 0.262 e. The van der Waals surface area contributed by atoms with E-state index in [4.69, 9.17) is 15.2 Å². The minimum Gasteiger partial charge on any atom is -0.493 e. The molecule has 1 aromatic heterocycles. The number of carbonyl (C=O) groups is 2. The number of hydrogen-bond acceptors (Lipinski definition) is 5. The molecule has 2 amide bonds. The SMILES string of the molecule is CCc1c(C)sc(NC(=O)COc2ccc(C)cc2OC)c1C(N)=O. The Bertz CT molecular complexity index is 799. The molecule has 0 bridgehead atoms. The lowest BCUT2D eigenvalue weighted by Gasteiger charge is -2.11. The average Bonchev–Trinajstić information content (AvgIpc) is 2.88. The lowest BCUT2D eigenvalue weighted by atomic mass is 10.1. The van der Waals surface area contributed by atoms with Crippen LogP contribution in [-0.2, 0) is 11.2 Å². The van der Waals surface area contributed by atoms with Crippen LogP contribution in [0.2, 0.25) is 0 Å². The number of aryl methyl sites for hydroxylation is 2. The van der Waals surface area contributed by atoms with Gasteiger partial charge in [0.05, 0.1) is 12.7 Å². The number of nitrogens with one attached hydrogen (secondary N) is 1. The highest BCUT2D eigenvalue weighted by molar-refractivity contribution is 7.16. The Balaban J connectivity index is 2.10. The van der Waals surface area contributed by atoms with E-state index in [2.05, 4.69) is 5.32 Å². The Hall–Kier alpha value is -2.54. The molecule has 2 aromatic rings. The van der Waals surface area contributed by atoms with Crippen LogP contribution in [0.3, 0.4) is 0 Å². The number of carbonyl (C=O) groups excluding carboxylic acids is 2. The molecule has 25 heavy (non-hydrogen) atoms. The van der Waals surface area contributed by atoms with E-state index in [0.29, 0.717) is 28.5 Å². The third-order valence-electron chi connectivity index (χ3n) is 3.74. The second kappa shape index (κ2) is 8.02. The molecule has 1 heterocycles. The standard InChI is InChI=1S/C18H22N2O4S/c1-5-12-11(3)25-18(16(12)17(19)22)20-15(21)9-24-13-7-6-10(2)8-14(13)23-4/h6-8H,5,9H2,1-4H3,(H2,19,22)(H,20,21). The smallest absolute Gasteiger partial charge is 0.262 e. The highest BCUT2D eigenvalue weighted by Crippen LogP contribution is 2.33. The van der Waals surface area contributed by atoms with Crippen molar-refractivity contribution in [2.24, 2.45) is 5.73 Å². The molecule has 0 aliphatic rings. The first-order valence-corrected chi connectivity index (χ1v) is 8.68. The van der Waals surface area contributed by atoms with Crippen molar-refractivity contribution in [2.45, 2.75) is 27.2 Å². The number of primary amides is 1.